The van der Waals surface area contributed by atoms with E-state index >= 15 is 0 Å². The van der Waals surface area contributed by atoms with Gasteiger partial charge in [-0.1, -0.05) is 46.8 Å². The molecule has 5 saturated carbocycles. The number of carbonyl (C=O) groups is 2. The predicted molar refractivity (Wildman–Crippen MR) is 216 cm³/mol. The minimum atomic E-state index is -0.0797. The van der Waals surface area contributed by atoms with Crippen molar-refractivity contribution in [2.45, 2.75) is 138 Å². The van der Waals surface area contributed by atoms with Crippen molar-refractivity contribution in [2.75, 3.05) is 74.2 Å². The molecule has 326 valence electrons. The highest BCUT2D eigenvalue weighted by Crippen LogP contribution is 2.77. The van der Waals surface area contributed by atoms with Gasteiger partial charge in [0, 0.05) is 23.7 Å². The molecule has 2 N–H and O–H groups in total. The summed E-state index contributed by atoms with van der Waals surface area (Å²) in [4.78, 5) is 26.4. The fourth-order valence-electron chi connectivity index (χ4n) is 14.3. The molecule has 5 fully saturated rings. The van der Waals surface area contributed by atoms with E-state index in [4.69, 9.17) is 9.47 Å². The highest BCUT2D eigenvalue weighted by atomic mass is 79.9. The first-order valence-electron chi connectivity index (χ1n) is 22.0. The molecule has 0 radical (unpaired) electrons. The second kappa shape index (κ2) is 18.6. The Morgan fingerprint density at radius 2 is 1.29 bits per heavy atom. The minimum Gasteiger partial charge on any atom is -1.00 e. The van der Waals surface area contributed by atoms with Crippen LogP contribution in [-0.2, 0) is 19.1 Å². The van der Waals surface area contributed by atoms with Crippen molar-refractivity contribution in [3.05, 3.63) is 12.2 Å². The Hall–Kier alpha value is -0.520. The molecule has 5 rings (SSSR count). The van der Waals surface area contributed by atoms with Crippen LogP contribution in [0.4, 0.5) is 0 Å². The van der Waals surface area contributed by atoms with Crippen LogP contribution in [0.3, 0.4) is 0 Å². The van der Waals surface area contributed by atoms with Crippen LogP contribution in [0.25, 0.3) is 0 Å². The van der Waals surface area contributed by atoms with Crippen LogP contribution in [0.1, 0.15) is 131 Å². The van der Waals surface area contributed by atoms with E-state index in [2.05, 4.69) is 76.3 Å². The number of fused-ring (bicyclic) bond motifs is 7. The topological polar surface area (TPSA) is 93.1 Å². The van der Waals surface area contributed by atoms with Crippen molar-refractivity contribution in [3.8, 4) is 0 Å². The monoisotopic (exact) mass is 916 g/mol. The zero-order valence-electron chi connectivity index (χ0n) is 37.2. The molecule has 0 aromatic heterocycles. The SMILES string of the molecule is C=C(C)C1CCC2(COC(=O)CCC[N+](C)(C)CCO)CC[C@@]3(C)C(CCC4[C@]5(C)CCC(OC(=O)CCC[N+](C)(C)CCO)C(C)(C)C5CC[C@]43C)C12.[Br-].[Br-]. The molecule has 0 aromatic rings. The van der Waals surface area contributed by atoms with E-state index in [-0.39, 0.29) is 92.3 Å². The molecular formula is C46H82Br2N2O6. The average molecular weight is 919 g/mol. The summed E-state index contributed by atoms with van der Waals surface area (Å²) in [6, 6.07) is 0. The molecule has 0 aliphatic heterocycles. The number of rotatable bonds is 16. The number of allylic oxidation sites excluding steroid dienone is 1. The van der Waals surface area contributed by atoms with Gasteiger partial charge in [0.2, 0.25) is 0 Å². The maximum atomic E-state index is 13.2. The summed E-state index contributed by atoms with van der Waals surface area (Å²) in [6.45, 7) is 23.5. The number of carbonyl (C=O) groups excluding carboxylic acids is 2. The predicted octanol–water partition coefficient (Wildman–Crippen LogP) is 1.80. The van der Waals surface area contributed by atoms with Gasteiger partial charge in [0.25, 0.3) is 0 Å². The summed E-state index contributed by atoms with van der Waals surface area (Å²) in [7, 11) is 8.43. The molecule has 10 heteroatoms. The number of nitrogens with zero attached hydrogens (tertiary/aromatic N) is 2. The van der Waals surface area contributed by atoms with Crippen LogP contribution in [0.2, 0.25) is 0 Å². The van der Waals surface area contributed by atoms with Crippen molar-refractivity contribution in [1.29, 1.82) is 0 Å². The number of halogens is 2. The van der Waals surface area contributed by atoms with Gasteiger partial charge in [0.1, 0.15) is 19.2 Å². The normalized spacial score (nSPS) is 37.4. The Bertz CT molecular complexity index is 1370. The molecule has 0 bridgehead atoms. The van der Waals surface area contributed by atoms with Crippen molar-refractivity contribution in [2.24, 2.45) is 56.7 Å². The van der Waals surface area contributed by atoms with Gasteiger partial charge in [-0.15, -0.1) is 0 Å². The minimum absolute atomic E-state index is 0. The maximum Gasteiger partial charge on any atom is 0.306 e. The van der Waals surface area contributed by atoms with Gasteiger partial charge in [-0.3, -0.25) is 9.59 Å². The number of hydrogen-bond donors (Lipinski definition) is 2. The average Bonchev–Trinajstić information content (AvgIpc) is 3.45. The first kappa shape index (κ1) is 49.8. The number of esters is 2. The van der Waals surface area contributed by atoms with E-state index in [1.54, 1.807) is 0 Å². The second-order valence-corrected chi connectivity index (χ2v) is 22.0. The number of likely N-dealkylation sites (N-methyl/N-ethyl adjacent to an activating group) is 2. The Balaban J connectivity index is 0.00000420. The first-order valence-corrected chi connectivity index (χ1v) is 22.0. The fraction of sp³-hybridized carbons (Fsp3) is 0.913. The summed E-state index contributed by atoms with van der Waals surface area (Å²) in [5.74, 6) is 2.61. The largest absolute Gasteiger partial charge is 1.00 e. The molecule has 5 aliphatic carbocycles. The molecule has 56 heavy (non-hydrogen) atoms. The van der Waals surface area contributed by atoms with Crippen LogP contribution in [0.5, 0.6) is 0 Å². The zero-order valence-corrected chi connectivity index (χ0v) is 40.4. The van der Waals surface area contributed by atoms with Gasteiger partial charge in [-0.25, -0.2) is 0 Å². The number of aliphatic hydroxyl groups is 2. The second-order valence-electron chi connectivity index (χ2n) is 22.0. The van der Waals surface area contributed by atoms with E-state index in [1.807, 2.05) is 0 Å². The van der Waals surface area contributed by atoms with Crippen LogP contribution < -0.4 is 34.0 Å². The van der Waals surface area contributed by atoms with Gasteiger partial charge >= 0.3 is 11.9 Å². The number of hydrogen-bond acceptors (Lipinski definition) is 6. The summed E-state index contributed by atoms with van der Waals surface area (Å²) in [5, 5.41) is 18.8. The van der Waals surface area contributed by atoms with Crippen LogP contribution in [0, 0.1) is 56.7 Å². The van der Waals surface area contributed by atoms with Crippen LogP contribution in [-0.4, -0.2) is 111 Å². The number of aliphatic hydroxyl groups excluding tert-OH is 2. The van der Waals surface area contributed by atoms with Gasteiger partial charge in [0.05, 0.1) is 73.9 Å². The van der Waals surface area contributed by atoms with E-state index in [9.17, 15) is 19.8 Å². The Labute approximate surface area is 363 Å². The van der Waals surface area contributed by atoms with Crippen molar-refractivity contribution in [1.82, 2.24) is 0 Å². The number of quaternary nitrogens is 2. The van der Waals surface area contributed by atoms with Gasteiger partial charge in [-0.05, 0) is 117 Å². The van der Waals surface area contributed by atoms with Crippen molar-refractivity contribution < 1.29 is 72.2 Å². The third kappa shape index (κ3) is 9.51. The van der Waals surface area contributed by atoms with E-state index in [0.29, 0.717) is 71.1 Å². The highest BCUT2D eigenvalue weighted by molar-refractivity contribution is 5.69. The summed E-state index contributed by atoms with van der Waals surface area (Å²) >= 11 is 0. The lowest BCUT2D eigenvalue weighted by atomic mass is 9.32. The highest BCUT2D eigenvalue weighted by Gasteiger charge is 2.71. The van der Waals surface area contributed by atoms with E-state index < -0.39 is 0 Å². The molecule has 0 saturated heterocycles. The smallest absolute Gasteiger partial charge is 0.306 e. The molecular weight excluding hydrogens is 836 g/mol. The summed E-state index contributed by atoms with van der Waals surface area (Å²) in [6.07, 6.45) is 14.0. The van der Waals surface area contributed by atoms with Gasteiger partial charge in [-0.2, -0.15) is 0 Å². The number of ether oxygens (including phenoxy) is 2. The maximum absolute atomic E-state index is 13.2. The summed E-state index contributed by atoms with van der Waals surface area (Å²) < 4.78 is 14.1. The lowest BCUT2D eigenvalue weighted by Gasteiger charge is -2.73. The fourth-order valence-corrected chi connectivity index (χ4v) is 14.3. The standard InChI is InChI=1S/C46H82N2O6.2BrH/c1-33(2)34-18-23-46(32-53-39(51)14-12-26-47(8,9)28-30-49)25-24-44(6)35(41(34)46)16-17-37-43(5)21-20-38(42(3,4)36(43)19-22-45(37,44)7)54-40(52)15-13-27-48(10,11)29-31-50;;/h34-38,41,49-50H,1,12-32H2,2-11H3;2*1H/q+2;;/p-2/t34?,35?,36?,37?,38?,41?,43-,44+,45-,46?;;/m1../s1. The summed E-state index contributed by atoms with van der Waals surface area (Å²) in [5.41, 5.74) is 1.92. The van der Waals surface area contributed by atoms with Crippen LogP contribution in [0.15, 0.2) is 12.2 Å². The Kier molecular flexibility index (Phi) is 16.6. The Morgan fingerprint density at radius 3 is 1.86 bits per heavy atom. The quantitative estimate of drug-likeness (QED) is 0.140. The molecule has 10 atom stereocenters. The molecule has 0 spiro atoms. The van der Waals surface area contributed by atoms with E-state index in [1.165, 1.54) is 37.7 Å². The first-order chi connectivity index (χ1) is 25.1. The van der Waals surface area contributed by atoms with Gasteiger partial charge < -0.3 is 62.6 Å². The molecule has 5 aliphatic rings. The lowest BCUT2D eigenvalue weighted by Crippen LogP contribution is -3.00. The molecule has 7 unspecified atom stereocenters. The molecule has 0 amide bonds. The lowest BCUT2D eigenvalue weighted by molar-refractivity contribution is -0.890. The third-order valence-corrected chi connectivity index (χ3v) is 17.7. The van der Waals surface area contributed by atoms with Gasteiger partial charge in [0.15, 0.2) is 0 Å². The Morgan fingerprint density at radius 1 is 0.696 bits per heavy atom. The zero-order chi connectivity index (χ0) is 40.0. The third-order valence-electron chi connectivity index (χ3n) is 17.7. The molecule has 0 heterocycles. The van der Waals surface area contributed by atoms with E-state index in [0.717, 1.165) is 58.0 Å². The molecule has 0 aromatic carbocycles. The molecule has 8 nitrogen and oxygen atoms in total. The van der Waals surface area contributed by atoms with Crippen molar-refractivity contribution >= 4 is 11.9 Å². The van der Waals surface area contributed by atoms with Crippen molar-refractivity contribution in [3.63, 3.8) is 0 Å². The van der Waals surface area contributed by atoms with Crippen LogP contribution >= 0.6 is 0 Å².